The lowest BCUT2D eigenvalue weighted by Crippen LogP contribution is -2.41. The molecular formula is C17H30IN5O. The molecule has 0 aliphatic heterocycles. The molecule has 24 heavy (non-hydrogen) atoms. The Morgan fingerprint density at radius 1 is 1.12 bits per heavy atom. The van der Waals surface area contributed by atoms with Gasteiger partial charge in [-0.1, -0.05) is 26.2 Å². The topological polar surface area (TPSA) is 78.4 Å². The molecule has 1 rings (SSSR count). The van der Waals surface area contributed by atoms with E-state index in [0.717, 1.165) is 25.5 Å². The molecule has 1 heterocycles. The molecule has 0 atom stereocenters. The maximum absolute atomic E-state index is 11.9. The van der Waals surface area contributed by atoms with Gasteiger partial charge in [-0.15, -0.1) is 24.0 Å². The Morgan fingerprint density at radius 2 is 1.92 bits per heavy atom. The Morgan fingerprint density at radius 3 is 2.58 bits per heavy atom. The second-order valence-electron chi connectivity index (χ2n) is 5.25. The third-order valence-electron chi connectivity index (χ3n) is 3.25. The third kappa shape index (κ3) is 10.4. The summed E-state index contributed by atoms with van der Waals surface area (Å²) in [5.74, 6) is 0.695. The Bertz CT molecular complexity index is 467. The van der Waals surface area contributed by atoms with Crippen LogP contribution in [-0.2, 0) is 0 Å². The number of guanidine groups is 1. The first-order chi connectivity index (χ1) is 11.3. The molecule has 0 saturated carbocycles. The molecule has 1 aromatic rings. The van der Waals surface area contributed by atoms with E-state index in [4.69, 9.17) is 0 Å². The number of aliphatic imine (C=N–C) groups is 1. The Kier molecular flexibility index (Phi) is 14.3. The minimum Gasteiger partial charge on any atom is -0.357 e. The molecule has 0 aliphatic carbocycles. The summed E-state index contributed by atoms with van der Waals surface area (Å²) in [6.45, 7) is 7.06. The molecule has 0 bridgehead atoms. The van der Waals surface area contributed by atoms with Crippen molar-refractivity contribution in [2.45, 2.75) is 39.5 Å². The lowest BCUT2D eigenvalue weighted by atomic mass is 10.2. The Labute approximate surface area is 162 Å². The summed E-state index contributed by atoms with van der Waals surface area (Å²) < 4.78 is 0. The van der Waals surface area contributed by atoms with Gasteiger partial charge in [0.15, 0.2) is 5.96 Å². The average Bonchev–Trinajstić information content (AvgIpc) is 2.59. The number of unbranched alkanes of at least 4 members (excludes halogenated alkanes) is 3. The molecular weight excluding hydrogens is 417 g/mol. The number of carbonyl (C=O) groups excluding carboxylic acids is 1. The van der Waals surface area contributed by atoms with Crippen LogP contribution in [0.15, 0.2) is 29.5 Å². The van der Waals surface area contributed by atoms with Crippen molar-refractivity contribution in [2.24, 2.45) is 4.99 Å². The summed E-state index contributed by atoms with van der Waals surface area (Å²) >= 11 is 0. The number of pyridine rings is 1. The Balaban J connectivity index is 0.00000529. The fourth-order valence-corrected chi connectivity index (χ4v) is 2.03. The number of aromatic nitrogens is 1. The fourth-order valence-electron chi connectivity index (χ4n) is 2.03. The van der Waals surface area contributed by atoms with Gasteiger partial charge in [-0.05, 0) is 25.5 Å². The van der Waals surface area contributed by atoms with Gasteiger partial charge in [0, 0.05) is 38.6 Å². The molecule has 0 radical (unpaired) electrons. The molecule has 0 aliphatic rings. The van der Waals surface area contributed by atoms with Crippen LogP contribution in [0.25, 0.3) is 0 Å². The molecule has 1 aromatic heterocycles. The van der Waals surface area contributed by atoms with Crippen LogP contribution >= 0.6 is 24.0 Å². The van der Waals surface area contributed by atoms with E-state index in [1.165, 1.54) is 19.3 Å². The van der Waals surface area contributed by atoms with E-state index < -0.39 is 0 Å². The van der Waals surface area contributed by atoms with Gasteiger partial charge in [-0.3, -0.25) is 14.8 Å². The van der Waals surface area contributed by atoms with E-state index in [0.29, 0.717) is 18.7 Å². The van der Waals surface area contributed by atoms with Crippen molar-refractivity contribution in [3.63, 3.8) is 0 Å². The number of hydrogen-bond acceptors (Lipinski definition) is 3. The van der Waals surface area contributed by atoms with Crippen LogP contribution in [-0.4, -0.2) is 43.0 Å². The van der Waals surface area contributed by atoms with Gasteiger partial charge in [-0.25, -0.2) is 0 Å². The van der Waals surface area contributed by atoms with Gasteiger partial charge in [0.05, 0.1) is 5.56 Å². The lowest BCUT2D eigenvalue weighted by molar-refractivity contribution is 0.0954. The second kappa shape index (κ2) is 15.2. The van der Waals surface area contributed by atoms with Gasteiger partial charge >= 0.3 is 0 Å². The lowest BCUT2D eigenvalue weighted by Gasteiger charge is -2.11. The van der Waals surface area contributed by atoms with Crippen molar-refractivity contribution in [3.05, 3.63) is 30.1 Å². The standard InChI is InChI=1S/C17H29N5O.HI/c1-3-5-6-7-11-21-17(19-4-2)22-13-12-20-16(23)15-9-8-10-18-14-15;/h8-10,14H,3-7,11-13H2,1-2H3,(H,20,23)(H2,19,21,22);1H. The highest BCUT2D eigenvalue weighted by molar-refractivity contribution is 14.0. The highest BCUT2D eigenvalue weighted by Gasteiger charge is 2.03. The summed E-state index contributed by atoms with van der Waals surface area (Å²) in [5.41, 5.74) is 0.573. The van der Waals surface area contributed by atoms with E-state index >= 15 is 0 Å². The third-order valence-corrected chi connectivity index (χ3v) is 3.25. The normalized spacial score (nSPS) is 10.7. The first-order valence-electron chi connectivity index (χ1n) is 8.48. The molecule has 136 valence electrons. The maximum Gasteiger partial charge on any atom is 0.252 e. The van der Waals surface area contributed by atoms with Gasteiger partial charge in [0.25, 0.3) is 5.91 Å². The molecule has 0 saturated heterocycles. The summed E-state index contributed by atoms with van der Waals surface area (Å²) in [6.07, 6.45) is 8.05. The minimum absolute atomic E-state index is 0. The van der Waals surface area contributed by atoms with Crippen molar-refractivity contribution >= 4 is 35.8 Å². The molecule has 6 nitrogen and oxygen atoms in total. The van der Waals surface area contributed by atoms with E-state index in [1.807, 2.05) is 6.92 Å². The maximum atomic E-state index is 11.9. The number of nitrogens with one attached hydrogen (secondary N) is 3. The van der Waals surface area contributed by atoms with E-state index in [-0.39, 0.29) is 29.9 Å². The SMILES string of the molecule is CCCCCCN=C(NCC)NCCNC(=O)c1cccnc1.I. The number of nitrogens with zero attached hydrogens (tertiary/aromatic N) is 2. The van der Waals surface area contributed by atoms with E-state index in [1.54, 1.807) is 24.5 Å². The van der Waals surface area contributed by atoms with Crippen molar-refractivity contribution in [1.29, 1.82) is 0 Å². The van der Waals surface area contributed by atoms with E-state index in [9.17, 15) is 4.79 Å². The molecule has 0 spiro atoms. The number of carbonyl (C=O) groups is 1. The van der Waals surface area contributed by atoms with Crippen LogP contribution in [0.2, 0.25) is 0 Å². The van der Waals surface area contributed by atoms with Crippen LogP contribution < -0.4 is 16.0 Å². The Hall–Kier alpha value is -1.38. The second-order valence-corrected chi connectivity index (χ2v) is 5.25. The quantitative estimate of drug-likeness (QED) is 0.223. The highest BCUT2D eigenvalue weighted by Crippen LogP contribution is 1.98. The van der Waals surface area contributed by atoms with Gasteiger partial charge < -0.3 is 16.0 Å². The van der Waals surface area contributed by atoms with Gasteiger partial charge in [0.2, 0.25) is 0 Å². The number of halogens is 1. The minimum atomic E-state index is -0.110. The molecule has 0 unspecified atom stereocenters. The zero-order valence-electron chi connectivity index (χ0n) is 14.7. The monoisotopic (exact) mass is 447 g/mol. The van der Waals surface area contributed by atoms with Crippen LogP contribution in [0, 0.1) is 0 Å². The first-order valence-corrected chi connectivity index (χ1v) is 8.48. The molecule has 0 aromatic carbocycles. The predicted octanol–water partition coefficient (Wildman–Crippen LogP) is 2.56. The van der Waals surface area contributed by atoms with Crippen LogP contribution in [0.3, 0.4) is 0 Å². The van der Waals surface area contributed by atoms with Crippen LogP contribution in [0.4, 0.5) is 0 Å². The van der Waals surface area contributed by atoms with Crippen molar-refractivity contribution in [2.75, 3.05) is 26.2 Å². The molecule has 3 N–H and O–H groups in total. The van der Waals surface area contributed by atoms with Crippen molar-refractivity contribution in [1.82, 2.24) is 20.9 Å². The van der Waals surface area contributed by atoms with Crippen molar-refractivity contribution < 1.29 is 4.79 Å². The van der Waals surface area contributed by atoms with Crippen LogP contribution in [0.1, 0.15) is 49.9 Å². The van der Waals surface area contributed by atoms with Crippen molar-refractivity contribution in [3.8, 4) is 0 Å². The zero-order chi connectivity index (χ0) is 16.8. The molecule has 0 fully saturated rings. The first kappa shape index (κ1) is 22.6. The number of amides is 1. The smallest absolute Gasteiger partial charge is 0.252 e. The summed E-state index contributed by atoms with van der Waals surface area (Å²) in [4.78, 5) is 20.3. The summed E-state index contributed by atoms with van der Waals surface area (Å²) in [6, 6.07) is 3.50. The predicted molar refractivity (Wildman–Crippen MR) is 110 cm³/mol. The van der Waals surface area contributed by atoms with Gasteiger partial charge in [-0.2, -0.15) is 0 Å². The summed E-state index contributed by atoms with van der Waals surface area (Å²) in [7, 11) is 0. The fraction of sp³-hybridized carbons (Fsp3) is 0.588. The van der Waals surface area contributed by atoms with Crippen LogP contribution in [0.5, 0.6) is 0 Å². The molecule has 7 heteroatoms. The molecule has 1 amide bonds. The van der Waals surface area contributed by atoms with E-state index in [2.05, 4.69) is 32.9 Å². The van der Waals surface area contributed by atoms with Gasteiger partial charge in [0.1, 0.15) is 0 Å². The highest BCUT2D eigenvalue weighted by atomic mass is 127. The number of rotatable bonds is 10. The number of hydrogen-bond donors (Lipinski definition) is 3. The average molecular weight is 447 g/mol. The zero-order valence-corrected chi connectivity index (χ0v) is 17.0. The largest absolute Gasteiger partial charge is 0.357 e. The summed E-state index contributed by atoms with van der Waals surface area (Å²) in [5, 5.41) is 9.29.